The molecule has 3 rings (SSSR count). The molecule has 20 heavy (non-hydrogen) atoms. The largest absolute Gasteiger partial charge is 0.332 e. The second-order valence-electron chi connectivity index (χ2n) is 5.15. The van der Waals surface area contributed by atoms with Crippen LogP contribution in [0.25, 0.3) is 0 Å². The lowest BCUT2D eigenvalue weighted by molar-refractivity contribution is 0.497. The van der Waals surface area contributed by atoms with Gasteiger partial charge in [0.15, 0.2) is 0 Å². The van der Waals surface area contributed by atoms with Crippen LogP contribution in [0.5, 0.6) is 0 Å². The standard InChI is InChI=1S/C14H18ClN5/c1-3-7-19(8-4-2)14-17-13-16-12-10(5-6-11(12)15)9-20(13)18-14/h3-4,10-11H,1-2,5-9H2. The maximum absolute atomic E-state index is 6.30. The van der Waals surface area contributed by atoms with Gasteiger partial charge in [0.25, 0.3) is 0 Å². The van der Waals surface area contributed by atoms with Crippen LogP contribution in [0.2, 0.25) is 0 Å². The Hall–Kier alpha value is -1.62. The van der Waals surface area contributed by atoms with Crippen molar-refractivity contribution in [2.75, 3.05) is 18.0 Å². The molecule has 0 spiro atoms. The summed E-state index contributed by atoms with van der Waals surface area (Å²) in [5, 5.41) is 4.62. The van der Waals surface area contributed by atoms with Crippen LogP contribution < -0.4 is 4.90 Å². The van der Waals surface area contributed by atoms with Crippen LogP contribution in [-0.2, 0) is 6.54 Å². The Morgan fingerprint density at radius 2 is 2.05 bits per heavy atom. The zero-order chi connectivity index (χ0) is 14.1. The van der Waals surface area contributed by atoms with Gasteiger partial charge in [0.1, 0.15) is 0 Å². The van der Waals surface area contributed by atoms with Crippen LogP contribution in [0.4, 0.5) is 11.9 Å². The number of hydrogen-bond acceptors (Lipinski definition) is 4. The average Bonchev–Trinajstić information content (AvgIpc) is 3.00. The van der Waals surface area contributed by atoms with Crippen molar-refractivity contribution in [1.29, 1.82) is 0 Å². The summed E-state index contributed by atoms with van der Waals surface area (Å²) < 4.78 is 1.89. The van der Waals surface area contributed by atoms with Crippen molar-refractivity contribution in [3.8, 4) is 0 Å². The van der Waals surface area contributed by atoms with Crippen molar-refractivity contribution < 1.29 is 0 Å². The van der Waals surface area contributed by atoms with E-state index in [1.54, 1.807) is 0 Å². The van der Waals surface area contributed by atoms with E-state index in [9.17, 15) is 0 Å². The molecule has 0 N–H and O–H groups in total. The molecule has 0 aromatic carbocycles. The molecule has 1 aliphatic heterocycles. The molecule has 1 aromatic rings. The highest BCUT2D eigenvalue weighted by molar-refractivity contribution is 6.33. The molecule has 1 aliphatic carbocycles. The minimum absolute atomic E-state index is 0.0614. The summed E-state index contributed by atoms with van der Waals surface area (Å²) in [7, 11) is 0. The van der Waals surface area contributed by atoms with Crippen LogP contribution >= 0.6 is 11.6 Å². The van der Waals surface area contributed by atoms with Gasteiger partial charge in [-0.1, -0.05) is 12.2 Å². The van der Waals surface area contributed by atoms with Gasteiger partial charge < -0.3 is 4.90 Å². The third-order valence-corrected chi connectivity index (χ3v) is 4.19. The minimum Gasteiger partial charge on any atom is -0.332 e. The summed E-state index contributed by atoms with van der Waals surface area (Å²) in [6.45, 7) is 9.74. The molecule has 0 amide bonds. The zero-order valence-electron chi connectivity index (χ0n) is 11.4. The molecule has 6 heteroatoms. The predicted octanol–water partition coefficient (Wildman–Crippen LogP) is 2.56. The first-order valence-electron chi connectivity index (χ1n) is 6.87. The lowest BCUT2D eigenvalue weighted by atomic mass is 10.1. The van der Waals surface area contributed by atoms with Gasteiger partial charge in [-0.2, -0.15) is 4.98 Å². The van der Waals surface area contributed by atoms with Crippen molar-refractivity contribution in [3.05, 3.63) is 25.3 Å². The van der Waals surface area contributed by atoms with E-state index in [1.807, 2.05) is 21.7 Å². The molecule has 2 unspecified atom stereocenters. The monoisotopic (exact) mass is 291 g/mol. The van der Waals surface area contributed by atoms with Gasteiger partial charge in [0.2, 0.25) is 11.9 Å². The first-order valence-corrected chi connectivity index (χ1v) is 7.30. The Balaban J connectivity index is 1.90. The molecule has 0 saturated heterocycles. The molecule has 1 aromatic heterocycles. The molecule has 1 saturated carbocycles. The summed E-state index contributed by atoms with van der Waals surface area (Å²) in [6.07, 6.45) is 5.75. The van der Waals surface area contributed by atoms with E-state index in [2.05, 4.69) is 28.2 Å². The van der Waals surface area contributed by atoms with Crippen molar-refractivity contribution in [2.45, 2.75) is 24.8 Å². The van der Waals surface area contributed by atoms with Gasteiger partial charge in [-0.15, -0.1) is 29.9 Å². The summed E-state index contributed by atoms with van der Waals surface area (Å²) in [5.41, 5.74) is 1.08. The van der Waals surface area contributed by atoms with E-state index < -0.39 is 0 Å². The Morgan fingerprint density at radius 3 is 2.75 bits per heavy atom. The van der Waals surface area contributed by atoms with Crippen molar-refractivity contribution in [3.63, 3.8) is 0 Å². The van der Waals surface area contributed by atoms with E-state index in [4.69, 9.17) is 11.6 Å². The second-order valence-corrected chi connectivity index (χ2v) is 5.68. The van der Waals surface area contributed by atoms with Gasteiger partial charge in [0.05, 0.1) is 11.9 Å². The number of anilines is 1. The van der Waals surface area contributed by atoms with Gasteiger partial charge >= 0.3 is 0 Å². The third kappa shape index (κ3) is 2.26. The summed E-state index contributed by atoms with van der Waals surface area (Å²) in [5.74, 6) is 1.76. The first kappa shape index (κ1) is 13.4. The molecule has 2 aliphatic rings. The summed E-state index contributed by atoms with van der Waals surface area (Å²) in [4.78, 5) is 11.1. The van der Waals surface area contributed by atoms with Crippen LogP contribution in [-0.4, -0.2) is 38.9 Å². The lowest BCUT2D eigenvalue weighted by Gasteiger charge is -2.17. The molecule has 106 valence electrons. The Kier molecular flexibility index (Phi) is 3.61. The number of alkyl halides is 1. The lowest BCUT2D eigenvalue weighted by Crippen LogP contribution is -2.25. The highest BCUT2D eigenvalue weighted by atomic mass is 35.5. The van der Waals surface area contributed by atoms with Crippen LogP contribution in [0.3, 0.4) is 0 Å². The number of rotatable bonds is 5. The van der Waals surface area contributed by atoms with Gasteiger partial charge in [0, 0.05) is 24.7 Å². The Labute approximate surface area is 123 Å². The number of aliphatic imine (C=N–C) groups is 1. The Bertz CT molecular complexity index is 552. The fourth-order valence-electron chi connectivity index (χ4n) is 2.78. The van der Waals surface area contributed by atoms with Crippen molar-refractivity contribution in [1.82, 2.24) is 14.8 Å². The normalized spacial score (nSPS) is 23.8. The SMILES string of the molecule is C=CCN(CC=C)c1nc2n(n1)CC1CCC(Cl)C1=N2. The number of halogens is 1. The molecule has 5 nitrogen and oxygen atoms in total. The number of fused-ring (bicyclic) bond motifs is 2. The second kappa shape index (κ2) is 5.40. The highest BCUT2D eigenvalue weighted by Gasteiger charge is 2.35. The van der Waals surface area contributed by atoms with Crippen molar-refractivity contribution >= 4 is 29.2 Å². The van der Waals surface area contributed by atoms with Gasteiger partial charge in [-0.05, 0) is 12.8 Å². The highest BCUT2D eigenvalue weighted by Crippen LogP contribution is 2.34. The maximum atomic E-state index is 6.30. The fraction of sp³-hybridized carbons (Fsp3) is 0.500. The molecular formula is C14H18ClN5. The van der Waals surface area contributed by atoms with Gasteiger partial charge in [-0.25, -0.2) is 9.67 Å². The number of nitrogens with zero attached hydrogens (tertiary/aromatic N) is 5. The van der Waals surface area contributed by atoms with Crippen LogP contribution in [0, 0.1) is 5.92 Å². The Morgan fingerprint density at radius 1 is 1.30 bits per heavy atom. The van der Waals surface area contributed by atoms with E-state index in [1.165, 1.54) is 0 Å². The van der Waals surface area contributed by atoms with E-state index in [0.717, 1.165) is 25.1 Å². The fourth-order valence-corrected chi connectivity index (χ4v) is 3.13. The van der Waals surface area contributed by atoms with Crippen molar-refractivity contribution in [2.24, 2.45) is 10.9 Å². The average molecular weight is 292 g/mol. The molecule has 2 heterocycles. The van der Waals surface area contributed by atoms with Crippen LogP contribution in [0.1, 0.15) is 12.8 Å². The maximum Gasteiger partial charge on any atom is 0.249 e. The molecule has 1 fully saturated rings. The molecule has 0 bridgehead atoms. The van der Waals surface area contributed by atoms with E-state index >= 15 is 0 Å². The first-order chi connectivity index (χ1) is 9.72. The number of aromatic nitrogens is 3. The topological polar surface area (TPSA) is 46.3 Å². The molecular weight excluding hydrogens is 274 g/mol. The zero-order valence-corrected chi connectivity index (χ0v) is 12.1. The smallest absolute Gasteiger partial charge is 0.249 e. The van der Waals surface area contributed by atoms with Crippen LogP contribution in [0.15, 0.2) is 30.3 Å². The quantitative estimate of drug-likeness (QED) is 0.619. The number of hydrogen-bond donors (Lipinski definition) is 0. The molecule has 0 radical (unpaired) electrons. The minimum atomic E-state index is 0.0614. The molecule has 2 atom stereocenters. The third-order valence-electron chi connectivity index (χ3n) is 3.75. The predicted molar refractivity (Wildman–Crippen MR) is 82.1 cm³/mol. The van der Waals surface area contributed by atoms with E-state index in [-0.39, 0.29) is 5.38 Å². The summed E-state index contributed by atoms with van der Waals surface area (Å²) in [6, 6.07) is 0. The van der Waals surface area contributed by atoms with E-state index in [0.29, 0.717) is 30.9 Å². The van der Waals surface area contributed by atoms with Gasteiger partial charge in [-0.3, -0.25) is 0 Å². The summed E-state index contributed by atoms with van der Waals surface area (Å²) >= 11 is 6.30.